The molecule has 2 aromatic heterocycles. The lowest BCUT2D eigenvalue weighted by atomic mass is 9.99. The van der Waals surface area contributed by atoms with Crippen LogP contribution < -0.4 is 5.32 Å². The molecule has 0 fully saturated rings. The molecule has 0 saturated heterocycles. The van der Waals surface area contributed by atoms with Crippen LogP contribution in [0.5, 0.6) is 0 Å². The predicted molar refractivity (Wildman–Crippen MR) is 86.3 cm³/mol. The number of amides is 1. The van der Waals surface area contributed by atoms with Crippen molar-refractivity contribution in [3.05, 3.63) is 46.0 Å². The molecule has 0 bridgehead atoms. The number of rotatable bonds is 3. The van der Waals surface area contributed by atoms with Gasteiger partial charge in [0.05, 0.1) is 35.2 Å². The summed E-state index contributed by atoms with van der Waals surface area (Å²) in [5.41, 5.74) is 3.17. The topological polar surface area (TPSA) is 69.0 Å². The molecule has 0 spiro atoms. The molecular weight excluding hydrogens is 316 g/mol. The average Bonchev–Trinajstić information content (AvgIpc) is 2.83. The highest BCUT2D eigenvalue weighted by atomic mass is 35.5. The zero-order chi connectivity index (χ0) is 16.6. The molecule has 1 N–H and O–H groups in total. The molecule has 0 unspecified atom stereocenters. The molecule has 1 amide bonds. The van der Waals surface area contributed by atoms with Crippen molar-refractivity contribution in [2.24, 2.45) is 7.05 Å². The first-order valence-electron chi connectivity index (χ1n) is 7.55. The van der Waals surface area contributed by atoms with Gasteiger partial charge in [0.25, 0.3) is 5.91 Å². The summed E-state index contributed by atoms with van der Waals surface area (Å²) in [4.78, 5) is 16.8. The van der Waals surface area contributed by atoms with Crippen LogP contribution in [0.3, 0.4) is 0 Å². The Morgan fingerprint density at radius 1 is 1.48 bits per heavy atom. The third-order valence-corrected chi connectivity index (χ3v) is 4.15. The molecule has 23 heavy (non-hydrogen) atoms. The van der Waals surface area contributed by atoms with Crippen LogP contribution in [0.1, 0.15) is 47.4 Å². The first-order valence-corrected chi connectivity index (χ1v) is 7.93. The van der Waals surface area contributed by atoms with E-state index in [1.165, 1.54) is 0 Å². The van der Waals surface area contributed by atoms with Gasteiger partial charge in [0.2, 0.25) is 0 Å². The van der Waals surface area contributed by atoms with Gasteiger partial charge in [-0.15, -0.1) is 0 Å². The summed E-state index contributed by atoms with van der Waals surface area (Å²) in [5, 5.41) is 7.92. The van der Waals surface area contributed by atoms with Crippen molar-refractivity contribution in [1.82, 2.24) is 20.1 Å². The lowest BCUT2D eigenvalue weighted by Crippen LogP contribution is -2.28. The van der Waals surface area contributed by atoms with Crippen molar-refractivity contribution in [2.45, 2.75) is 39.0 Å². The van der Waals surface area contributed by atoms with Gasteiger partial charge in [0.15, 0.2) is 0 Å². The van der Waals surface area contributed by atoms with E-state index in [-0.39, 0.29) is 18.1 Å². The van der Waals surface area contributed by atoms with Gasteiger partial charge in [-0.1, -0.05) is 11.6 Å². The Balaban J connectivity index is 1.79. The molecule has 7 heteroatoms. The number of aryl methyl sites for hydroxylation is 1. The molecule has 2 aromatic rings. The van der Waals surface area contributed by atoms with E-state index < -0.39 is 0 Å². The van der Waals surface area contributed by atoms with E-state index in [9.17, 15) is 4.79 Å². The monoisotopic (exact) mass is 334 g/mol. The first kappa shape index (κ1) is 16.0. The fourth-order valence-electron chi connectivity index (χ4n) is 2.91. The fourth-order valence-corrected chi connectivity index (χ4v) is 3.03. The van der Waals surface area contributed by atoms with Crippen molar-refractivity contribution in [1.29, 1.82) is 0 Å². The predicted octanol–water partition coefficient (Wildman–Crippen LogP) is 2.42. The highest BCUT2D eigenvalue weighted by Crippen LogP contribution is 2.31. The molecule has 6 nitrogen and oxygen atoms in total. The lowest BCUT2D eigenvalue weighted by Gasteiger charge is -2.24. The molecule has 0 aromatic carbocycles. The Hall–Kier alpha value is -1.92. The average molecular weight is 335 g/mol. The molecule has 3 heterocycles. The van der Waals surface area contributed by atoms with E-state index in [0.717, 1.165) is 17.0 Å². The third kappa shape index (κ3) is 3.23. The smallest absolute Gasteiger partial charge is 0.270 e. The molecule has 1 aliphatic heterocycles. The minimum atomic E-state index is -0.153. The molecule has 3 rings (SSSR count). The van der Waals surface area contributed by atoms with E-state index in [4.69, 9.17) is 16.3 Å². The maximum Gasteiger partial charge on any atom is 0.270 e. The van der Waals surface area contributed by atoms with Gasteiger partial charge in [-0.25, -0.2) is 0 Å². The van der Waals surface area contributed by atoms with Crippen LogP contribution >= 0.6 is 11.6 Å². The van der Waals surface area contributed by atoms with E-state index in [1.54, 1.807) is 30.1 Å². The fraction of sp³-hybridized carbons (Fsp3) is 0.438. The van der Waals surface area contributed by atoms with Crippen molar-refractivity contribution in [2.75, 3.05) is 0 Å². The number of ether oxygens (including phenoxy) is 1. The van der Waals surface area contributed by atoms with Gasteiger partial charge in [0.1, 0.15) is 5.69 Å². The van der Waals surface area contributed by atoms with Crippen LogP contribution in [-0.2, 0) is 24.8 Å². The van der Waals surface area contributed by atoms with Crippen LogP contribution in [0.15, 0.2) is 18.3 Å². The normalized spacial score (nSPS) is 20.2. The minimum absolute atomic E-state index is 0.0752. The Bertz CT molecular complexity index is 726. The highest BCUT2D eigenvalue weighted by Gasteiger charge is 2.31. The minimum Gasteiger partial charge on any atom is -0.369 e. The third-order valence-electron chi connectivity index (χ3n) is 3.92. The van der Waals surface area contributed by atoms with Gasteiger partial charge in [-0.2, -0.15) is 5.10 Å². The van der Waals surface area contributed by atoms with E-state index in [0.29, 0.717) is 23.7 Å². The maximum atomic E-state index is 12.6. The second-order valence-electron chi connectivity index (χ2n) is 5.78. The molecule has 122 valence electrons. The number of halogens is 1. The molecule has 0 saturated carbocycles. The SMILES string of the molecule is C[C@@H]1Cc2c(nn(C)c2C(=O)NCc2ccc(Cl)cn2)[C@H](C)O1. The van der Waals surface area contributed by atoms with Gasteiger partial charge in [-0.05, 0) is 26.0 Å². The summed E-state index contributed by atoms with van der Waals surface area (Å²) < 4.78 is 7.40. The number of nitrogens with zero attached hydrogens (tertiary/aromatic N) is 3. The van der Waals surface area contributed by atoms with Crippen molar-refractivity contribution >= 4 is 17.5 Å². The largest absolute Gasteiger partial charge is 0.369 e. The van der Waals surface area contributed by atoms with Crippen LogP contribution in [0.25, 0.3) is 0 Å². The van der Waals surface area contributed by atoms with Crippen LogP contribution in [-0.4, -0.2) is 26.8 Å². The summed E-state index contributed by atoms with van der Waals surface area (Å²) in [6, 6.07) is 3.54. The zero-order valence-corrected chi connectivity index (χ0v) is 14.1. The molecule has 0 aliphatic carbocycles. The molecule has 2 atom stereocenters. The van der Waals surface area contributed by atoms with Crippen molar-refractivity contribution in [3.63, 3.8) is 0 Å². The zero-order valence-electron chi connectivity index (χ0n) is 13.3. The number of pyridine rings is 1. The number of hydrogen-bond donors (Lipinski definition) is 1. The van der Waals surface area contributed by atoms with Crippen LogP contribution in [0.4, 0.5) is 0 Å². The van der Waals surface area contributed by atoms with Crippen molar-refractivity contribution in [3.8, 4) is 0 Å². The number of aromatic nitrogens is 3. The van der Waals surface area contributed by atoms with E-state index in [2.05, 4.69) is 15.4 Å². The number of carbonyl (C=O) groups is 1. The molecule has 0 radical (unpaired) electrons. The van der Waals surface area contributed by atoms with E-state index >= 15 is 0 Å². The number of nitrogens with one attached hydrogen (secondary N) is 1. The first-order chi connectivity index (χ1) is 11.0. The second-order valence-corrected chi connectivity index (χ2v) is 6.22. The summed E-state index contributed by atoms with van der Waals surface area (Å²) in [6.45, 7) is 4.31. The van der Waals surface area contributed by atoms with Gasteiger partial charge in [0, 0.05) is 25.2 Å². The summed E-state index contributed by atoms with van der Waals surface area (Å²) >= 11 is 5.81. The second kappa shape index (κ2) is 6.29. The maximum absolute atomic E-state index is 12.6. The highest BCUT2D eigenvalue weighted by molar-refractivity contribution is 6.30. The number of hydrogen-bond acceptors (Lipinski definition) is 4. The van der Waals surface area contributed by atoms with Gasteiger partial charge in [-0.3, -0.25) is 14.5 Å². The quantitative estimate of drug-likeness (QED) is 0.936. The molecular formula is C16H19ClN4O2. The summed E-state index contributed by atoms with van der Waals surface area (Å²) in [7, 11) is 1.78. The standard InChI is InChI=1S/C16H19ClN4O2/c1-9-6-13-14(10(2)23-9)20-21(3)15(13)16(22)19-8-12-5-4-11(17)7-18-12/h4-5,7,9-10H,6,8H2,1-3H3,(H,19,22)/t9-,10+/m1/s1. The number of carbonyl (C=O) groups excluding carboxylic acids is 1. The Morgan fingerprint density at radius 2 is 2.26 bits per heavy atom. The summed E-state index contributed by atoms with van der Waals surface area (Å²) in [5.74, 6) is -0.153. The molecule has 1 aliphatic rings. The lowest BCUT2D eigenvalue weighted by molar-refractivity contribution is -0.00710. The Kier molecular flexibility index (Phi) is 4.37. The van der Waals surface area contributed by atoms with Gasteiger partial charge < -0.3 is 10.1 Å². The van der Waals surface area contributed by atoms with E-state index in [1.807, 2.05) is 13.8 Å². The van der Waals surface area contributed by atoms with Gasteiger partial charge >= 0.3 is 0 Å². The Labute approximate surface area is 139 Å². The van der Waals surface area contributed by atoms with Crippen LogP contribution in [0, 0.1) is 0 Å². The number of fused-ring (bicyclic) bond motifs is 1. The van der Waals surface area contributed by atoms with Crippen molar-refractivity contribution < 1.29 is 9.53 Å². The Morgan fingerprint density at radius 3 is 2.96 bits per heavy atom. The summed E-state index contributed by atoms with van der Waals surface area (Å²) in [6.07, 6.45) is 2.23. The van der Waals surface area contributed by atoms with Crippen LogP contribution in [0.2, 0.25) is 5.02 Å².